The number of ether oxygens (including phenoxy) is 1. The van der Waals surface area contributed by atoms with Gasteiger partial charge in [-0.1, -0.05) is 18.9 Å². The Morgan fingerprint density at radius 2 is 2.06 bits per heavy atom. The molecule has 1 atom stereocenters. The number of anilines is 1. The third-order valence-corrected chi connectivity index (χ3v) is 3.93. The van der Waals surface area contributed by atoms with E-state index in [4.69, 9.17) is 4.74 Å². The molecule has 1 aromatic rings. The van der Waals surface area contributed by atoms with E-state index < -0.39 is 0 Å². The maximum atomic E-state index is 5.72. The van der Waals surface area contributed by atoms with Gasteiger partial charge in [-0.3, -0.25) is 0 Å². The van der Waals surface area contributed by atoms with Crippen molar-refractivity contribution in [2.45, 2.75) is 52.5 Å². The second-order valence-corrected chi connectivity index (χ2v) is 5.41. The van der Waals surface area contributed by atoms with Crippen LogP contribution in [0.25, 0.3) is 0 Å². The molecule has 2 heteroatoms. The summed E-state index contributed by atoms with van der Waals surface area (Å²) in [6.07, 6.45) is 5.51. The van der Waals surface area contributed by atoms with Crippen molar-refractivity contribution in [3.8, 4) is 5.75 Å². The average molecular weight is 247 g/mol. The minimum atomic E-state index is 0.536. The molecule has 0 spiro atoms. The largest absolute Gasteiger partial charge is 0.492 e. The second kappa shape index (κ2) is 6.12. The lowest BCUT2D eigenvalue weighted by molar-refractivity contribution is 0.340. The van der Waals surface area contributed by atoms with Crippen LogP contribution < -0.4 is 10.1 Å². The molecule has 0 aromatic heterocycles. The van der Waals surface area contributed by atoms with E-state index >= 15 is 0 Å². The molecule has 1 unspecified atom stereocenters. The molecular formula is C16H25NO. The summed E-state index contributed by atoms with van der Waals surface area (Å²) >= 11 is 0. The van der Waals surface area contributed by atoms with Gasteiger partial charge in [-0.15, -0.1) is 0 Å². The minimum Gasteiger partial charge on any atom is -0.492 e. The monoisotopic (exact) mass is 247 g/mol. The fourth-order valence-electron chi connectivity index (χ4n) is 2.84. The summed E-state index contributed by atoms with van der Waals surface area (Å²) in [6, 6.07) is 6.94. The first-order valence-corrected chi connectivity index (χ1v) is 7.20. The van der Waals surface area contributed by atoms with Gasteiger partial charge in [0.25, 0.3) is 0 Å². The van der Waals surface area contributed by atoms with Gasteiger partial charge in [0.1, 0.15) is 5.75 Å². The summed E-state index contributed by atoms with van der Waals surface area (Å²) in [5.41, 5.74) is 2.39. The number of nitrogens with one attached hydrogen (secondary N) is 1. The quantitative estimate of drug-likeness (QED) is 0.833. The van der Waals surface area contributed by atoms with E-state index in [9.17, 15) is 0 Å². The molecule has 1 fully saturated rings. The van der Waals surface area contributed by atoms with E-state index in [1.807, 2.05) is 6.92 Å². The van der Waals surface area contributed by atoms with Gasteiger partial charge in [0.05, 0.1) is 12.3 Å². The Labute approximate surface area is 111 Å². The first-order chi connectivity index (χ1) is 8.70. The van der Waals surface area contributed by atoms with Crippen molar-refractivity contribution in [2.24, 2.45) is 5.92 Å². The maximum absolute atomic E-state index is 5.72. The number of aryl methyl sites for hydroxylation is 1. The molecule has 2 nitrogen and oxygen atoms in total. The molecule has 0 saturated heterocycles. The molecular weight excluding hydrogens is 222 g/mol. The molecule has 0 radical (unpaired) electrons. The molecule has 0 bridgehead atoms. The van der Waals surface area contributed by atoms with Gasteiger partial charge < -0.3 is 10.1 Å². The molecule has 2 rings (SSSR count). The zero-order valence-corrected chi connectivity index (χ0v) is 11.8. The van der Waals surface area contributed by atoms with E-state index in [-0.39, 0.29) is 0 Å². The first-order valence-electron chi connectivity index (χ1n) is 7.20. The fourth-order valence-corrected chi connectivity index (χ4v) is 2.84. The van der Waals surface area contributed by atoms with Crippen LogP contribution in [-0.4, -0.2) is 12.6 Å². The zero-order valence-electron chi connectivity index (χ0n) is 11.8. The molecule has 18 heavy (non-hydrogen) atoms. The third kappa shape index (κ3) is 3.18. The summed E-state index contributed by atoms with van der Waals surface area (Å²) in [4.78, 5) is 0. The number of hydrogen-bond donors (Lipinski definition) is 1. The third-order valence-electron chi connectivity index (χ3n) is 3.93. The first kappa shape index (κ1) is 13.3. The molecule has 1 aliphatic rings. The van der Waals surface area contributed by atoms with Crippen LogP contribution in [0.1, 0.15) is 45.1 Å². The predicted molar refractivity (Wildman–Crippen MR) is 77.4 cm³/mol. The molecule has 1 saturated carbocycles. The fraction of sp³-hybridized carbons (Fsp3) is 0.625. The van der Waals surface area contributed by atoms with Crippen molar-refractivity contribution in [2.75, 3.05) is 11.9 Å². The van der Waals surface area contributed by atoms with E-state index in [2.05, 4.69) is 37.4 Å². The smallest absolute Gasteiger partial charge is 0.142 e. The van der Waals surface area contributed by atoms with Crippen LogP contribution in [0.5, 0.6) is 5.75 Å². The lowest BCUT2D eigenvalue weighted by Gasteiger charge is -2.23. The summed E-state index contributed by atoms with van der Waals surface area (Å²) in [6.45, 7) is 7.15. The van der Waals surface area contributed by atoms with Gasteiger partial charge >= 0.3 is 0 Å². The average Bonchev–Trinajstić information content (AvgIpc) is 2.86. The van der Waals surface area contributed by atoms with E-state index in [0.29, 0.717) is 6.04 Å². The van der Waals surface area contributed by atoms with Gasteiger partial charge in [-0.05, 0) is 57.2 Å². The van der Waals surface area contributed by atoms with Crippen molar-refractivity contribution in [3.05, 3.63) is 23.8 Å². The number of hydrogen-bond acceptors (Lipinski definition) is 2. The number of rotatable bonds is 5. The van der Waals surface area contributed by atoms with Crippen LogP contribution in [0.3, 0.4) is 0 Å². The van der Waals surface area contributed by atoms with Gasteiger partial charge in [0, 0.05) is 6.04 Å². The highest BCUT2D eigenvalue weighted by molar-refractivity contribution is 5.58. The van der Waals surface area contributed by atoms with E-state index in [1.54, 1.807) is 0 Å². The molecule has 0 heterocycles. The van der Waals surface area contributed by atoms with E-state index in [0.717, 1.165) is 24.0 Å². The Morgan fingerprint density at radius 1 is 1.33 bits per heavy atom. The summed E-state index contributed by atoms with van der Waals surface area (Å²) in [7, 11) is 0. The minimum absolute atomic E-state index is 0.536. The number of benzene rings is 1. The Hall–Kier alpha value is -1.18. The van der Waals surface area contributed by atoms with Crippen molar-refractivity contribution in [1.82, 2.24) is 0 Å². The molecule has 100 valence electrons. The maximum Gasteiger partial charge on any atom is 0.142 e. The normalized spacial score (nSPS) is 17.7. The summed E-state index contributed by atoms with van der Waals surface area (Å²) in [5.74, 6) is 1.81. The van der Waals surface area contributed by atoms with Gasteiger partial charge in [-0.25, -0.2) is 0 Å². The van der Waals surface area contributed by atoms with Crippen LogP contribution in [0.2, 0.25) is 0 Å². The topological polar surface area (TPSA) is 21.3 Å². The summed E-state index contributed by atoms with van der Waals surface area (Å²) < 4.78 is 5.72. The molecule has 1 aromatic carbocycles. The Kier molecular flexibility index (Phi) is 4.51. The predicted octanol–water partition coefficient (Wildman–Crippen LogP) is 4.38. The Bertz CT molecular complexity index is 383. The van der Waals surface area contributed by atoms with Crippen molar-refractivity contribution >= 4 is 5.69 Å². The standard InChI is InChI=1S/C16H25NO/c1-4-18-16-11-12(2)9-10-15(16)17-13(3)14-7-5-6-8-14/h9-11,13-14,17H,4-8H2,1-3H3. The highest BCUT2D eigenvalue weighted by Gasteiger charge is 2.22. The SMILES string of the molecule is CCOc1cc(C)ccc1NC(C)C1CCCC1. The zero-order chi connectivity index (χ0) is 13.0. The molecule has 0 aliphatic heterocycles. The van der Waals surface area contributed by atoms with Crippen LogP contribution in [0, 0.1) is 12.8 Å². The second-order valence-electron chi connectivity index (χ2n) is 5.41. The van der Waals surface area contributed by atoms with Gasteiger partial charge in [0.15, 0.2) is 0 Å². The van der Waals surface area contributed by atoms with Gasteiger partial charge in [0.2, 0.25) is 0 Å². The van der Waals surface area contributed by atoms with Crippen molar-refractivity contribution < 1.29 is 4.74 Å². The van der Waals surface area contributed by atoms with Gasteiger partial charge in [-0.2, -0.15) is 0 Å². The molecule has 0 amide bonds. The van der Waals surface area contributed by atoms with Crippen LogP contribution >= 0.6 is 0 Å². The van der Waals surface area contributed by atoms with Crippen LogP contribution in [0.4, 0.5) is 5.69 Å². The Morgan fingerprint density at radius 3 is 2.72 bits per heavy atom. The highest BCUT2D eigenvalue weighted by Crippen LogP contribution is 2.32. The Balaban J connectivity index is 2.07. The highest BCUT2D eigenvalue weighted by atomic mass is 16.5. The molecule has 1 aliphatic carbocycles. The van der Waals surface area contributed by atoms with Crippen LogP contribution in [-0.2, 0) is 0 Å². The van der Waals surface area contributed by atoms with Crippen LogP contribution in [0.15, 0.2) is 18.2 Å². The van der Waals surface area contributed by atoms with Crippen molar-refractivity contribution in [1.29, 1.82) is 0 Å². The van der Waals surface area contributed by atoms with E-state index in [1.165, 1.54) is 31.2 Å². The molecule has 1 N–H and O–H groups in total. The van der Waals surface area contributed by atoms with Crippen molar-refractivity contribution in [3.63, 3.8) is 0 Å². The summed E-state index contributed by atoms with van der Waals surface area (Å²) in [5, 5.41) is 3.64. The lowest BCUT2D eigenvalue weighted by atomic mass is 9.99. The lowest BCUT2D eigenvalue weighted by Crippen LogP contribution is -2.24.